The normalized spacial score (nSPS) is 12.6. The van der Waals surface area contributed by atoms with Crippen molar-refractivity contribution in [3.63, 3.8) is 0 Å². The molecule has 2 aromatic rings. The second-order valence-corrected chi connectivity index (χ2v) is 5.71. The van der Waals surface area contributed by atoms with Crippen LogP contribution in [0.4, 0.5) is 0 Å². The molecule has 1 aromatic heterocycles. The van der Waals surface area contributed by atoms with E-state index in [-0.39, 0.29) is 0 Å². The van der Waals surface area contributed by atoms with E-state index >= 15 is 0 Å². The molecule has 1 atom stereocenters. The molecule has 0 aliphatic heterocycles. The molecule has 1 aromatic carbocycles. The van der Waals surface area contributed by atoms with Crippen molar-refractivity contribution in [3.8, 4) is 0 Å². The number of aliphatic hydroxyl groups is 1. The van der Waals surface area contributed by atoms with E-state index < -0.39 is 6.10 Å². The average molecular weight is 250 g/mol. The molecule has 0 bridgehead atoms. The maximum absolute atomic E-state index is 10.2. The summed E-state index contributed by atoms with van der Waals surface area (Å²) in [4.78, 5) is 2.26. The Morgan fingerprint density at radius 3 is 2.75 bits per heavy atom. The number of aliphatic hydroxyl groups excluding tert-OH is 1. The summed E-state index contributed by atoms with van der Waals surface area (Å²) in [5, 5.41) is 12.3. The van der Waals surface area contributed by atoms with Crippen molar-refractivity contribution in [1.82, 2.24) is 0 Å². The van der Waals surface area contributed by atoms with Crippen molar-refractivity contribution in [1.29, 1.82) is 0 Å². The van der Waals surface area contributed by atoms with Crippen LogP contribution in [-0.2, 0) is 0 Å². The fraction of sp³-hybridized carbons (Fsp3) is 0.231. The first-order chi connectivity index (χ1) is 7.81. The molecule has 16 heavy (non-hydrogen) atoms. The quantitative estimate of drug-likeness (QED) is 0.829. The molecule has 84 valence electrons. The molecule has 0 amide bonds. The van der Waals surface area contributed by atoms with Crippen LogP contribution in [0.25, 0.3) is 0 Å². The third-order valence-corrected chi connectivity index (χ3v) is 4.28. The second-order valence-electron chi connectivity index (χ2n) is 3.43. The lowest BCUT2D eigenvalue weighted by atomic mass is 10.1. The average Bonchev–Trinajstić information content (AvgIpc) is 2.78. The molecule has 1 unspecified atom stereocenters. The highest BCUT2D eigenvalue weighted by atomic mass is 32.2. The van der Waals surface area contributed by atoms with Crippen LogP contribution in [0.15, 0.2) is 46.7 Å². The van der Waals surface area contributed by atoms with Gasteiger partial charge in [-0.25, -0.2) is 0 Å². The van der Waals surface area contributed by atoms with E-state index in [1.807, 2.05) is 42.1 Å². The number of benzene rings is 1. The predicted octanol–water partition coefficient (Wildman–Crippen LogP) is 3.94. The lowest BCUT2D eigenvalue weighted by Crippen LogP contribution is -1.95. The Hall–Kier alpha value is -0.770. The number of hydrogen-bond donors (Lipinski definition) is 1. The summed E-state index contributed by atoms with van der Waals surface area (Å²) in [7, 11) is 0. The summed E-state index contributed by atoms with van der Waals surface area (Å²) in [5.74, 6) is 1.07. The first kappa shape index (κ1) is 11.7. The lowest BCUT2D eigenvalue weighted by Gasteiger charge is -2.07. The van der Waals surface area contributed by atoms with Crippen LogP contribution in [0.5, 0.6) is 0 Å². The van der Waals surface area contributed by atoms with Crippen molar-refractivity contribution < 1.29 is 5.11 Å². The van der Waals surface area contributed by atoms with Gasteiger partial charge in [-0.05, 0) is 17.4 Å². The molecule has 1 N–H and O–H groups in total. The molecule has 2 rings (SSSR count). The van der Waals surface area contributed by atoms with E-state index in [1.54, 1.807) is 11.3 Å². The Morgan fingerprint density at radius 2 is 2.06 bits per heavy atom. The van der Waals surface area contributed by atoms with Gasteiger partial charge in [0.15, 0.2) is 0 Å². The van der Waals surface area contributed by atoms with Gasteiger partial charge >= 0.3 is 0 Å². The molecule has 0 fully saturated rings. The Bertz CT molecular complexity index is 436. The Morgan fingerprint density at radius 1 is 1.31 bits per heavy atom. The van der Waals surface area contributed by atoms with E-state index in [0.717, 1.165) is 16.2 Å². The largest absolute Gasteiger partial charge is 0.383 e. The summed E-state index contributed by atoms with van der Waals surface area (Å²) in [6.07, 6.45) is -0.489. The first-order valence-corrected chi connectivity index (χ1v) is 7.12. The molecule has 0 saturated carbocycles. The van der Waals surface area contributed by atoms with Gasteiger partial charge in [0.25, 0.3) is 0 Å². The van der Waals surface area contributed by atoms with Crippen LogP contribution in [0.2, 0.25) is 0 Å². The monoisotopic (exact) mass is 250 g/mol. The van der Waals surface area contributed by atoms with Gasteiger partial charge in [0, 0.05) is 15.2 Å². The van der Waals surface area contributed by atoms with Gasteiger partial charge in [0.2, 0.25) is 0 Å². The predicted molar refractivity (Wildman–Crippen MR) is 71.2 cm³/mol. The van der Waals surface area contributed by atoms with Crippen LogP contribution < -0.4 is 0 Å². The van der Waals surface area contributed by atoms with Gasteiger partial charge in [-0.1, -0.05) is 37.3 Å². The van der Waals surface area contributed by atoms with Crippen molar-refractivity contribution in [2.45, 2.75) is 17.9 Å². The maximum atomic E-state index is 10.2. The van der Waals surface area contributed by atoms with Gasteiger partial charge in [-0.15, -0.1) is 23.1 Å². The summed E-state index contributed by atoms with van der Waals surface area (Å²) >= 11 is 3.43. The van der Waals surface area contributed by atoms with E-state index in [1.165, 1.54) is 4.90 Å². The number of rotatable bonds is 4. The number of thiophene rings is 1. The molecular weight excluding hydrogens is 236 g/mol. The zero-order valence-electron chi connectivity index (χ0n) is 9.09. The minimum Gasteiger partial charge on any atom is -0.383 e. The SMILES string of the molecule is CCSc1csc(C(O)c2ccccc2)c1. The van der Waals surface area contributed by atoms with Crippen molar-refractivity contribution in [2.75, 3.05) is 5.75 Å². The van der Waals surface area contributed by atoms with E-state index in [9.17, 15) is 5.11 Å². The zero-order valence-corrected chi connectivity index (χ0v) is 10.7. The molecular formula is C13H14OS2. The third kappa shape index (κ3) is 2.67. The highest BCUT2D eigenvalue weighted by molar-refractivity contribution is 7.99. The lowest BCUT2D eigenvalue weighted by molar-refractivity contribution is 0.224. The highest BCUT2D eigenvalue weighted by Gasteiger charge is 2.12. The molecule has 1 nitrogen and oxygen atoms in total. The van der Waals surface area contributed by atoms with Gasteiger partial charge in [-0.3, -0.25) is 0 Å². The summed E-state index contributed by atoms with van der Waals surface area (Å²) < 4.78 is 0. The fourth-order valence-corrected chi connectivity index (χ4v) is 3.33. The zero-order chi connectivity index (χ0) is 11.4. The molecule has 1 heterocycles. The Balaban J connectivity index is 2.17. The smallest absolute Gasteiger partial charge is 0.113 e. The van der Waals surface area contributed by atoms with Crippen molar-refractivity contribution in [2.24, 2.45) is 0 Å². The van der Waals surface area contributed by atoms with Crippen LogP contribution in [0.1, 0.15) is 23.5 Å². The van der Waals surface area contributed by atoms with Crippen LogP contribution in [0.3, 0.4) is 0 Å². The standard InChI is InChI=1S/C13H14OS2/c1-2-15-11-8-12(16-9-11)13(14)10-6-4-3-5-7-10/h3-9,13-14H,2H2,1H3. The molecule has 0 radical (unpaired) electrons. The van der Waals surface area contributed by atoms with Gasteiger partial charge in [0.05, 0.1) is 0 Å². The molecule has 0 aliphatic rings. The second kappa shape index (κ2) is 5.53. The van der Waals surface area contributed by atoms with Gasteiger partial charge in [-0.2, -0.15) is 0 Å². The summed E-state index contributed by atoms with van der Waals surface area (Å²) in [6, 6.07) is 11.9. The van der Waals surface area contributed by atoms with Crippen molar-refractivity contribution >= 4 is 23.1 Å². The summed E-state index contributed by atoms with van der Waals surface area (Å²) in [5.41, 5.74) is 0.956. The number of thioether (sulfide) groups is 1. The fourth-order valence-electron chi connectivity index (χ4n) is 1.52. The first-order valence-electron chi connectivity index (χ1n) is 5.25. The van der Waals surface area contributed by atoms with Crippen molar-refractivity contribution in [3.05, 3.63) is 52.2 Å². The van der Waals surface area contributed by atoms with E-state index in [2.05, 4.69) is 18.4 Å². The maximum Gasteiger partial charge on any atom is 0.113 e. The van der Waals surface area contributed by atoms with Gasteiger partial charge in [0.1, 0.15) is 6.10 Å². The molecule has 0 aliphatic carbocycles. The van der Waals surface area contributed by atoms with Gasteiger partial charge < -0.3 is 5.11 Å². The van der Waals surface area contributed by atoms with E-state index in [0.29, 0.717) is 0 Å². The minimum atomic E-state index is -0.489. The highest BCUT2D eigenvalue weighted by Crippen LogP contribution is 2.31. The molecule has 0 spiro atoms. The number of hydrogen-bond acceptors (Lipinski definition) is 3. The van der Waals surface area contributed by atoms with E-state index in [4.69, 9.17) is 0 Å². The van der Waals surface area contributed by atoms with Crippen LogP contribution in [-0.4, -0.2) is 10.9 Å². The minimum absolute atomic E-state index is 0.489. The Kier molecular flexibility index (Phi) is 4.04. The topological polar surface area (TPSA) is 20.2 Å². The van der Waals surface area contributed by atoms with Crippen LogP contribution >= 0.6 is 23.1 Å². The molecule has 3 heteroatoms. The Labute approximate surface area is 104 Å². The third-order valence-electron chi connectivity index (χ3n) is 2.29. The summed E-state index contributed by atoms with van der Waals surface area (Å²) in [6.45, 7) is 2.13. The van der Waals surface area contributed by atoms with Crippen LogP contribution in [0, 0.1) is 0 Å². The molecule has 0 saturated heterocycles.